The molecule has 1 amide bonds. The molecule has 3 aliphatic rings. The standard InChI is InChI=1S/C31H42N8O2/c1-21(2)27-18-33-39-29(16-28(35-30(27)39)22-8-7-11-32-17-22)34-23-14-24-9-10-25(15-23)38(24)31(40)41-26-19-37(20-26)13-6-5-12-36(3)4/h5-8,11,16-18,21,23-26,34H,9-10,12-15,19-20H2,1-4H3/b6-5+. The van der Waals surface area contributed by atoms with Crippen LogP contribution in [0.2, 0.25) is 0 Å². The highest BCUT2D eigenvalue weighted by molar-refractivity contribution is 5.70. The van der Waals surface area contributed by atoms with Crippen molar-refractivity contribution in [3.63, 3.8) is 0 Å². The lowest BCUT2D eigenvalue weighted by atomic mass is 9.97. The minimum absolute atomic E-state index is 0.00837. The summed E-state index contributed by atoms with van der Waals surface area (Å²) in [4.78, 5) is 29.0. The second-order valence-corrected chi connectivity index (χ2v) is 12.3. The zero-order valence-corrected chi connectivity index (χ0v) is 24.6. The zero-order chi connectivity index (χ0) is 28.5. The Morgan fingerprint density at radius 3 is 2.63 bits per heavy atom. The van der Waals surface area contributed by atoms with E-state index >= 15 is 0 Å². The molecule has 2 unspecified atom stereocenters. The van der Waals surface area contributed by atoms with E-state index in [1.807, 2.05) is 33.9 Å². The summed E-state index contributed by atoms with van der Waals surface area (Å²) in [7, 11) is 4.13. The van der Waals surface area contributed by atoms with Crippen molar-refractivity contribution in [2.24, 2.45) is 0 Å². The molecular weight excluding hydrogens is 516 g/mol. The Morgan fingerprint density at radius 2 is 1.95 bits per heavy atom. The molecule has 2 atom stereocenters. The number of nitrogens with zero attached hydrogens (tertiary/aromatic N) is 7. The van der Waals surface area contributed by atoms with Crippen LogP contribution < -0.4 is 5.32 Å². The number of ether oxygens (including phenoxy) is 1. The lowest BCUT2D eigenvalue weighted by molar-refractivity contribution is -0.0306. The van der Waals surface area contributed by atoms with E-state index in [1.165, 1.54) is 0 Å². The highest BCUT2D eigenvalue weighted by Crippen LogP contribution is 2.38. The molecule has 218 valence electrons. The van der Waals surface area contributed by atoms with Gasteiger partial charge in [-0.3, -0.25) is 9.88 Å². The van der Waals surface area contributed by atoms with Gasteiger partial charge in [-0.1, -0.05) is 26.0 Å². The summed E-state index contributed by atoms with van der Waals surface area (Å²) in [5, 5.41) is 8.50. The minimum atomic E-state index is -0.137. The number of anilines is 1. The third-order valence-electron chi connectivity index (χ3n) is 8.57. The fourth-order valence-corrected chi connectivity index (χ4v) is 6.41. The second-order valence-electron chi connectivity index (χ2n) is 12.3. The van der Waals surface area contributed by atoms with Crippen LogP contribution in [0.5, 0.6) is 0 Å². The number of amides is 1. The van der Waals surface area contributed by atoms with Gasteiger partial charge < -0.3 is 19.9 Å². The summed E-state index contributed by atoms with van der Waals surface area (Å²) in [6, 6.07) is 6.68. The van der Waals surface area contributed by atoms with Crippen molar-refractivity contribution in [3.8, 4) is 11.3 Å². The topological polar surface area (TPSA) is 91.1 Å². The number of fused-ring (bicyclic) bond motifs is 3. The summed E-state index contributed by atoms with van der Waals surface area (Å²) in [5.41, 5.74) is 3.85. The van der Waals surface area contributed by atoms with Crippen molar-refractivity contribution < 1.29 is 9.53 Å². The summed E-state index contributed by atoms with van der Waals surface area (Å²) in [6.45, 7) is 7.80. The molecule has 0 aromatic carbocycles. The number of nitrogens with one attached hydrogen (secondary N) is 1. The van der Waals surface area contributed by atoms with Gasteiger partial charge in [-0.2, -0.15) is 9.61 Å². The molecule has 3 fully saturated rings. The number of pyridine rings is 1. The molecule has 0 radical (unpaired) electrons. The van der Waals surface area contributed by atoms with Gasteiger partial charge in [0.25, 0.3) is 0 Å². The van der Waals surface area contributed by atoms with E-state index in [0.717, 1.165) is 80.1 Å². The second kappa shape index (κ2) is 11.8. The maximum absolute atomic E-state index is 13.2. The molecule has 0 saturated carbocycles. The van der Waals surface area contributed by atoms with Crippen LogP contribution in [-0.4, -0.2) is 105 Å². The number of piperidine rings is 1. The maximum Gasteiger partial charge on any atom is 0.410 e. The first-order valence-electron chi connectivity index (χ1n) is 14.9. The first-order chi connectivity index (χ1) is 19.9. The van der Waals surface area contributed by atoms with Crippen molar-refractivity contribution in [2.45, 2.75) is 69.7 Å². The molecule has 10 heteroatoms. The molecule has 3 aromatic rings. The molecule has 3 saturated heterocycles. The fourth-order valence-electron chi connectivity index (χ4n) is 6.41. The molecule has 41 heavy (non-hydrogen) atoms. The van der Waals surface area contributed by atoms with Crippen LogP contribution in [0.25, 0.3) is 16.9 Å². The number of carbonyl (C=O) groups is 1. The van der Waals surface area contributed by atoms with Crippen LogP contribution in [-0.2, 0) is 4.74 Å². The van der Waals surface area contributed by atoms with E-state index in [2.05, 4.69) is 66.3 Å². The lowest BCUT2D eigenvalue weighted by Gasteiger charge is -2.42. The average molecular weight is 559 g/mol. The molecule has 2 bridgehead atoms. The number of aromatic nitrogens is 4. The van der Waals surface area contributed by atoms with Crippen LogP contribution in [0.15, 0.2) is 48.9 Å². The SMILES string of the molecule is CC(C)c1cnn2c(NC3CC4CCC(C3)N4C(=O)OC3CN(C/C=C/CN(C)C)C3)cc(-c3cccnc3)nc12. The van der Waals surface area contributed by atoms with Crippen molar-refractivity contribution in [1.29, 1.82) is 0 Å². The van der Waals surface area contributed by atoms with Crippen molar-refractivity contribution in [3.05, 3.63) is 54.5 Å². The molecule has 10 nitrogen and oxygen atoms in total. The Labute approximate surface area is 242 Å². The molecule has 1 N–H and O–H groups in total. The zero-order valence-electron chi connectivity index (χ0n) is 24.6. The van der Waals surface area contributed by atoms with Gasteiger partial charge in [0.15, 0.2) is 5.65 Å². The number of hydrogen-bond acceptors (Lipinski definition) is 8. The lowest BCUT2D eigenvalue weighted by Crippen LogP contribution is -2.56. The predicted octanol–water partition coefficient (Wildman–Crippen LogP) is 4.26. The van der Waals surface area contributed by atoms with Gasteiger partial charge >= 0.3 is 6.09 Å². The van der Waals surface area contributed by atoms with Crippen molar-refractivity contribution >= 4 is 17.6 Å². The number of likely N-dealkylation sites (N-methyl/N-ethyl adjacent to an activating group) is 1. The van der Waals surface area contributed by atoms with Gasteiger partial charge in [0.2, 0.25) is 0 Å². The van der Waals surface area contributed by atoms with Crippen LogP contribution >= 0.6 is 0 Å². The van der Waals surface area contributed by atoms with Crippen LogP contribution in [0.3, 0.4) is 0 Å². The molecule has 3 aromatic heterocycles. The minimum Gasteiger partial charge on any atom is -0.443 e. The molecule has 6 rings (SSSR count). The smallest absolute Gasteiger partial charge is 0.410 e. The van der Waals surface area contributed by atoms with Crippen LogP contribution in [0.4, 0.5) is 10.6 Å². The summed E-state index contributed by atoms with van der Waals surface area (Å²) < 4.78 is 7.87. The normalized spacial score (nSPS) is 23.2. The van der Waals surface area contributed by atoms with E-state index in [9.17, 15) is 4.79 Å². The maximum atomic E-state index is 13.2. The van der Waals surface area contributed by atoms with Gasteiger partial charge in [-0.15, -0.1) is 0 Å². The molecule has 0 aliphatic carbocycles. The largest absolute Gasteiger partial charge is 0.443 e. The van der Waals surface area contributed by atoms with Gasteiger partial charge in [-0.25, -0.2) is 9.78 Å². The summed E-state index contributed by atoms with van der Waals surface area (Å²) >= 11 is 0. The first kappa shape index (κ1) is 27.7. The first-order valence-corrected chi connectivity index (χ1v) is 14.9. The Balaban J connectivity index is 1.10. The third kappa shape index (κ3) is 5.94. The molecule has 6 heterocycles. The quantitative estimate of drug-likeness (QED) is 0.390. The summed E-state index contributed by atoms with van der Waals surface area (Å²) in [5.74, 6) is 1.24. The third-order valence-corrected chi connectivity index (χ3v) is 8.57. The average Bonchev–Trinajstić information content (AvgIpc) is 3.48. The Morgan fingerprint density at radius 1 is 1.17 bits per heavy atom. The number of rotatable bonds is 9. The van der Waals surface area contributed by atoms with Crippen molar-refractivity contribution in [1.82, 2.24) is 34.3 Å². The van der Waals surface area contributed by atoms with Gasteiger partial charge in [0.05, 0.1) is 11.9 Å². The fraction of sp³-hybridized carbons (Fsp3) is 0.548. The molecule has 3 aliphatic heterocycles. The van der Waals surface area contributed by atoms with E-state index in [0.29, 0.717) is 5.92 Å². The van der Waals surface area contributed by atoms with E-state index < -0.39 is 0 Å². The number of hydrogen-bond donors (Lipinski definition) is 1. The Kier molecular flexibility index (Phi) is 7.94. The van der Waals surface area contributed by atoms with Gasteiger partial charge in [0.1, 0.15) is 11.9 Å². The highest BCUT2D eigenvalue weighted by atomic mass is 16.6. The van der Waals surface area contributed by atoms with Crippen molar-refractivity contribution in [2.75, 3.05) is 45.6 Å². The van der Waals surface area contributed by atoms with Crippen LogP contribution in [0, 0.1) is 0 Å². The van der Waals surface area contributed by atoms with Gasteiger partial charge in [0, 0.05) is 73.9 Å². The summed E-state index contributed by atoms with van der Waals surface area (Å²) in [6.07, 6.45) is 13.6. The number of carbonyl (C=O) groups excluding carboxylic acids is 1. The van der Waals surface area contributed by atoms with Crippen LogP contribution in [0.1, 0.15) is 51.0 Å². The Bertz CT molecular complexity index is 1370. The Hall–Kier alpha value is -3.50. The van der Waals surface area contributed by atoms with Gasteiger partial charge in [-0.05, 0) is 57.8 Å². The monoisotopic (exact) mass is 558 g/mol. The van der Waals surface area contributed by atoms with E-state index in [-0.39, 0.29) is 30.3 Å². The molecular formula is C31H42N8O2. The molecule has 0 spiro atoms. The number of likely N-dealkylation sites (tertiary alicyclic amines) is 1. The predicted molar refractivity (Wildman–Crippen MR) is 160 cm³/mol. The van der Waals surface area contributed by atoms with E-state index in [4.69, 9.17) is 14.8 Å². The van der Waals surface area contributed by atoms with E-state index in [1.54, 1.807) is 6.20 Å². The highest BCUT2D eigenvalue weighted by Gasteiger charge is 2.45.